The van der Waals surface area contributed by atoms with Crippen molar-refractivity contribution in [3.63, 3.8) is 0 Å². The minimum atomic E-state index is -1.13. The fourth-order valence-electron chi connectivity index (χ4n) is 2.28. The van der Waals surface area contributed by atoms with Crippen LogP contribution in [0, 0.1) is 0 Å². The van der Waals surface area contributed by atoms with E-state index in [0.717, 1.165) is 4.90 Å². The van der Waals surface area contributed by atoms with Crippen LogP contribution in [0.1, 0.15) is 36.9 Å². The summed E-state index contributed by atoms with van der Waals surface area (Å²) in [7, 11) is 0. The van der Waals surface area contributed by atoms with Crippen molar-refractivity contribution in [2.75, 3.05) is 6.54 Å². The molecule has 0 bridgehead atoms. The van der Waals surface area contributed by atoms with Gasteiger partial charge in [-0.05, 0) is 18.2 Å². The number of imide groups is 1. The second-order valence-corrected chi connectivity index (χ2v) is 4.61. The molecule has 0 saturated heterocycles. The summed E-state index contributed by atoms with van der Waals surface area (Å²) in [6.07, 6.45) is 3.68. The summed E-state index contributed by atoms with van der Waals surface area (Å²) >= 11 is 0. The molecule has 0 unspecified atom stereocenters. The molecule has 3 rings (SSSR count). The van der Waals surface area contributed by atoms with Crippen molar-refractivity contribution >= 4 is 17.8 Å². The number of hydrogen-bond donors (Lipinski definition) is 2. The number of aromatic amines is 1. The van der Waals surface area contributed by atoms with Crippen molar-refractivity contribution < 1.29 is 19.5 Å². The number of imidazole rings is 1. The lowest BCUT2D eigenvalue weighted by Gasteiger charge is -2.12. The highest BCUT2D eigenvalue weighted by Crippen LogP contribution is 2.24. The Morgan fingerprint density at radius 1 is 1.24 bits per heavy atom. The fraction of sp³-hybridized carbons (Fsp3) is 0.143. The van der Waals surface area contributed by atoms with Crippen LogP contribution in [-0.2, 0) is 6.42 Å². The average molecular weight is 285 g/mol. The van der Waals surface area contributed by atoms with Gasteiger partial charge in [-0.25, -0.2) is 9.78 Å². The number of hydrogen-bond acceptors (Lipinski definition) is 4. The van der Waals surface area contributed by atoms with Crippen molar-refractivity contribution in [1.82, 2.24) is 14.9 Å². The first-order valence-electron chi connectivity index (χ1n) is 6.29. The molecule has 1 aliphatic heterocycles. The highest BCUT2D eigenvalue weighted by molar-refractivity contribution is 6.21. The molecule has 2 amide bonds. The smallest absolute Gasteiger partial charge is 0.335 e. The Balaban J connectivity index is 1.84. The van der Waals surface area contributed by atoms with E-state index in [4.69, 9.17) is 5.11 Å². The van der Waals surface area contributed by atoms with E-state index >= 15 is 0 Å². The van der Waals surface area contributed by atoms with E-state index in [1.165, 1.54) is 18.2 Å². The van der Waals surface area contributed by atoms with Gasteiger partial charge in [-0.1, -0.05) is 0 Å². The highest BCUT2D eigenvalue weighted by atomic mass is 16.4. The van der Waals surface area contributed by atoms with Gasteiger partial charge in [-0.15, -0.1) is 0 Å². The summed E-state index contributed by atoms with van der Waals surface area (Å²) in [5, 5.41) is 8.94. The first-order valence-corrected chi connectivity index (χ1v) is 6.29. The molecular formula is C14H11N3O4. The van der Waals surface area contributed by atoms with Crippen LogP contribution in [0.15, 0.2) is 30.6 Å². The zero-order valence-electron chi connectivity index (χ0n) is 10.9. The Labute approximate surface area is 119 Å². The molecule has 2 aromatic rings. The van der Waals surface area contributed by atoms with Gasteiger partial charge in [0.1, 0.15) is 5.82 Å². The van der Waals surface area contributed by atoms with Crippen LogP contribution < -0.4 is 0 Å². The van der Waals surface area contributed by atoms with Gasteiger partial charge in [0.2, 0.25) is 0 Å². The van der Waals surface area contributed by atoms with Crippen molar-refractivity contribution in [2.24, 2.45) is 0 Å². The van der Waals surface area contributed by atoms with Crippen molar-refractivity contribution in [1.29, 1.82) is 0 Å². The Bertz CT molecular complexity index is 737. The van der Waals surface area contributed by atoms with E-state index in [1.54, 1.807) is 12.4 Å². The maximum Gasteiger partial charge on any atom is 0.335 e. The summed E-state index contributed by atoms with van der Waals surface area (Å²) in [6, 6.07) is 3.94. The lowest BCUT2D eigenvalue weighted by molar-refractivity contribution is 0.0653. The Hall–Kier alpha value is -2.96. The number of carbonyl (C=O) groups excluding carboxylic acids is 2. The first-order chi connectivity index (χ1) is 10.1. The van der Waals surface area contributed by atoms with Gasteiger partial charge in [-0.2, -0.15) is 0 Å². The fourth-order valence-corrected chi connectivity index (χ4v) is 2.28. The van der Waals surface area contributed by atoms with E-state index in [1.807, 2.05) is 0 Å². The number of H-pyrrole nitrogens is 1. The van der Waals surface area contributed by atoms with Gasteiger partial charge in [0.05, 0.1) is 16.7 Å². The molecule has 7 heteroatoms. The van der Waals surface area contributed by atoms with Crippen LogP contribution in [0.5, 0.6) is 0 Å². The minimum absolute atomic E-state index is 0.0113. The molecule has 0 saturated carbocycles. The van der Waals surface area contributed by atoms with E-state index in [9.17, 15) is 14.4 Å². The van der Waals surface area contributed by atoms with Gasteiger partial charge >= 0.3 is 5.97 Å². The minimum Gasteiger partial charge on any atom is -0.478 e. The monoisotopic (exact) mass is 285 g/mol. The lowest BCUT2D eigenvalue weighted by Crippen LogP contribution is -2.31. The third-order valence-corrected chi connectivity index (χ3v) is 3.34. The van der Waals surface area contributed by atoms with Gasteiger partial charge in [0.15, 0.2) is 0 Å². The maximum atomic E-state index is 12.2. The third kappa shape index (κ3) is 2.18. The number of nitrogens with zero attached hydrogens (tertiary/aromatic N) is 2. The Kier molecular flexibility index (Phi) is 3.02. The van der Waals surface area contributed by atoms with Gasteiger partial charge in [-0.3, -0.25) is 14.5 Å². The number of carbonyl (C=O) groups is 3. The number of carboxylic acids is 1. The third-order valence-electron chi connectivity index (χ3n) is 3.34. The summed E-state index contributed by atoms with van der Waals surface area (Å²) in [6.45, 7) is 0.197. The normalized spacial score (nSPS) is 13.6. The van der Waals surface area contributed by atoms with Gasteiger partial charge < -0.3 is 10.1 Å². The zero-order valence-corrected chi connectivity index (χ0v) is 10.9. The van der Waals surface area contributed by atoms with Crippen LogP contribution in [0.3, 0.4) is 0 Å². The molecule has 21 heavy (non-hydrogen) atoms. The van der Waals surface area contributed by atoms with Crippen molar-refractivity contribution in [3.8, 4) is 0 Å². The predicted molar refractivity (Wildman–Crippen MR) is 71.1 cm³/mol. The van der Waals surface area contributed by atoms with Gasteiger partial charge in [0.25, 0.3) is 11.8 Å². The van der Waals surface area contributed by atoms with E-state index in [2.05, 4.69) is 9.97 Å². The van der Waals surface area contributed by atoms with E-state index < -0.39 is 17.8 Å². The molecule has 0 radical (unpaired) electrons. The van der Waals surface area contributed by atoms with Crippen LogP contribution in [0.4, 0.5) is 0 Å². The summed E-state index contributed by atoms with van der Waals surface area (Å²) in [5.41, 5.74) is 0.367. The molecular weight excluding hydrogens is 274 g/mol. The number of nitrogens with one attached hydrogen (secondary N) is 1. The second-order valence-electron chi connectivity index (χ2n) is 4.61. The maximum absolute atomic E-state index is 12.2. The molecule has 2 N–H and O–H groups in total. The topological polar surface area (TPSA) is 103 Å². The van der Waals surface area contributed by atoms with Crippen LogP contribution in [0.25, 0.3) is 0 Å². The molecule has 0 fully saturated rings. The number of fused-ring (bicyclic) bond motifs is 1. The standard InChI is InChI=1S/C14H11N3O4/c18-12-9-2-1-8(14(20)21)7-10(9)13(19)17(12)6-3-11-15-4-5-16-11/h1-2,4-5,7H,3,6H2,(H,15,16)(H,20,21). The largest absolute Gasteiger partial charge is 0.478 e. The number of aromatic carboxylic acids is 1. The number of amides is 2. The van der Waals surface area contributed by atoms with E-state index in [0.29, 0.717) is 12.2 Å². The predicted octanol–water partition coefficient (Wildman–Crippen LogP) is 0.947. The quantitative estimate of drug-likeness (QED) is 0.814. The number of aromatic nitrogens is 2. The zero-order chi connectivity index (χ0) is 15.0. The van der Waals surface area contributed by atoms with Crippen molar-refractivity contribution in [3.05, 3.63) is 53.1 Å². The lowest BCUT2D eigenvalue weighted by atomic mass is 10.1. The summed E-state index contributed by atoms with van der Waals surface area (Å²) in [4.78, 5) is 43.4. The summed E-state index contributed by atoms with van der Waals surface area (Å²) in [5.74, 6) is -1.33. The molecule has 1 aromatic carbocycles. The molecule has 2 heterocycles. The number of rotatable bonds is 4. The molecule has 106 valence electrons. The Morgan fingerprint density at radius 2 is 2.00 bits per heavy atom. The molecule has 0 aliphatic carbocycles. The molecule has 7 nitrogen and oxygen atoms in total. The van der Waals surface area contributed by atoms with E-state index in [-0.39, 0.29) is 23.2 Å². The molecule has 0 spiro atoms. The van der Waals surface area contributed by atoms with Gasteiger partial charge in [0, 0.05) is 25.4 Å². The van der Waals surface area contributed by atoms with Crippen LogP contribution in [-0.4, -0.2) is 44.3 Å². The average Bonchev–Trinajstić information content (AvgIpc) is 3.06. The summed E-state index contributed by atoms with van der Waals surface area (Å²) < 4.78 is 0. The molecule has 0 atom stereocenters. The first kappa shape index (κ1) is 13.0. The Morgan fingerprint density at radius 3 is 2.67 bits per heavy atom. The molecule has 1 aromatic heterocycles. The SMILES string of the molecule is O=C(O)c1ccc2c(c1)C(=O)N(CCc1ncc[nH]1)C2=O. The number of carboxylic acid groups (broad SMARTS) is 1. The molecule has 1 aliphatic rings. The van der Waals surface area contributed by atoms with Crippen LogP contribution in [0.2, 0.25) is 0 Å². The second kappa shape index (κ2) is 4.86. The van der Waals surface area contributed by atoms with Crippen LogP contribution >= 0.6 is 0 Å². The highest BCUT2D eigenvalue weighted by Gasteiger charge is 2.35. The van der Waals surface area contributed by atoms with Crippen molar-refractivity contribution in [2.45, 2.75) is 6.42 Å². The number of benzene rings is 1.